The largest absolute Gasteiger partial charge is 0.490 e. The molecule has 0 aromatic rings. The van der Waals surface area contributed by atoms with E-state index in [1.807, 2.05) is 0 Å². The maximum atomic E-state index is 12.2. The van der Waals surface area contributed by atoms with E-state index in [1.165, 1.54) is 64.2 Å². The number of alkyl halides is 3. The molecule has 0 fully saturated rings. The van der Waals surface area contributed by atoms with Crippen molar-refractivity contribution < 1.29 is 47.7 Å². The Morgan fingerprint density at radius 3 is 1.50 bits per heavy atom. The Kier molecular flexibility index (Phi) is 22.4. The average molecular weight is 558 g/mol. The molecule has 0 saturated heterocycles. The van der Waals surface area contributed by atoms with E-state index in [0.29, 0.717) is 6.42 Å². The highest BCUT2D eigenvalue weighted by molar-refractivity contribution is 5.91. The number of hydrogen-bond donors (Lipinski definition) is 6. The third-order valence-electron chi connectivity index (χ3n) is 5.67. The first-order valence-corrected chi connectivity index (χ1v) is 13.3. The summed E-state index contributed by atoms with van der Waals surface area (Å²) >= 11 is 0. The van der Waals surface area contributed by atoms with Gasteiger partial charge in [0.2, 0.25) is 11.8 Å². The molecule has 13 heteroatoms. The Labute approximate surface area is 222 Å². The number of hydrogen-bond acceptors (Lipinski definition) is 6. The van der Waals surface area contributed by atoms with Crippen LogP contribution in [-0.2, 0) is 19.2 Å². The summed E-state index contributed by atoms with van der Waals surface area (Å²) in [6.45, 7) is 3.06. The van der Waals surface area contributed by atoms with E-state index in [2.05, 4.69) is 17.6 Å². The highest BCUT2D eigenvalue weighted by Crippen LogP contribution is 2.14. The van der Waals surface area contributed by atoms with E-state index in [1.54, 1.807) is 6.92 Å². The number of rotatable bonds is 20. The van der Waals surface area contributed by atoms with Gasteiger partial charge < -0.3 is 31.7 Å². The van der Waals surface area contributed by atoms with Gasteiger partial charge in [0.25, 0.3) is 0 Å². The van der Waals surface area contributed by atoms with Gasteiger partial charge in [-0.15, -0.1) is 0 Å². The van der Waals surface area contributed by atoms with Gasteiger partial charge in [-0.25, -0.2) is 9.59 Å². The van der Waals surface area contributed by atoms with Crippen LogP contribution in [0, 0.1) is 0 Å². The van der Waals surface area contributed by atoms with E-state index < -0.39 is 48.8 Å². The molecule has 0 spiro atoms. The number of carboxylic acids is 2. The summed E-state index contributed by atoms with van der Waals surface area (Å²) in [6.07, 6.45) is 11.1. The fourth-order valence-corrected chi connectivity index (χ4v) is 3.43. The maximum Gasteiger partial charge on any atom is 0.490 e. The molecule has 0 saturated carbocycles. The number of nitrogens with two attached hydrogens (primary N) is 1. The molecule has 0 aliphatic carbocycles. The monoisotopic (exact) mass is 557 g/mol. The molecule has 0 aromatic heterocycles. The van der Waals surface area contributed by atoms with Crippen LogP contribution in [0.2, 0.25) is 0 Å². The molecule has 224 valence electrons. The van der Waals surface area contributed by atoms with Crippen molar-refractivity contribution in [3.8, 4) is 0 Å². The zero-order chi connectivity index (χ0) is 29.6. The van der Waals surface area contributed by atoms with E-state index in [-0.39, 0.29) is 5.91 Å². The Bertz CT molecular complexity index is 677. The standard InChI is InChI=1S/C23H45N3O5.C2HF3O2/c1-3-4-5-6-7-8-9-10-11-12-13-14-15-16-20(28)26-21(18(2)24)22(29)25-19(17-27)23(30)31;3-2(4,5)1(6)7/h18-19,21,27H,3-17,24H2,1-2H3,(H,25,29)(H,26,28)(H,30,31);(H,6,7)/t18?,19-,21-;/m0./s1. The number of nitrogens with one attached hydrogen (secondary N) is 2. The molecule has 0 aromatic carbocycles. The van der Waals surface area contributed by atoms with Gasteiger partial charge in [-0.3, -0.25) is 9.59 Å². The van der Waals surface area contributed by atoms with Gasteiger partial charge in [0, 0.05) is 12.5 Å². The van der Waals surface area contributed by atoms with Crippen molar-refractivity contribution >= 4 is 23.8 Å². The first-order valence-electron chi connectivity index (χ1n) is 13.3. The van der Waals surface area contributed by atoms with Gasteiger partial charge in [-0.1, -0.05) is 84.0 Å². The molecule has 0 radical (unpaired) electrons. The molecule has 3 atom stereocenters. The second kappa shape index (κ2) is 22.6. The van der Waals surface area contributed by atoms with Crippen LogP contribution in [0.5, 0.6) is 0 Å². The highest BCUT2D eigenvalue weighted by Gasteiger charge is 2.38. The van der Waals surface area contributed by atoms with Gasteiger partial charge in [-0.2, -0.15) is 13.2 Å². The second-order valence-corrected chi connectivity index (χ2v) is 9.28. The molecular formula is C25H46F3N3O7. The smallest absolute Gasteiger partial charge is 0.480 e. The van der Waals surface area contributed by atoms with Crippen LogP contribution in [0.15, 0.2) is 0 Å². The van der Waals surface area contributed by atoms with E-state index in [9.17, 15) is 27.6 Å². The molecule has 7 N–H and O–H groups in total. The van der Waals surface area contributed by atoms with Crippen LogP contribution >= 0.6 is 0 Å². The Morgan fingerprint density at radius 2 is 1.18 bits per heavy atom. The number of carbonyl (C=O) groups excluding carboxylic acids is 2. The molecule has 2 amide bonds. The highest BCUT2D eigenvalue weighted by atomic mass is 19.4. The van der Waals surface area contributed by atoms with Crippen LogP contribution in [0.4, 0.5) is 13.2 Å². The summed E-state index contributed by atoms with van der Waals surface area (Å²) < 4.78 is 31.7. The molecular weight excluding hydrogens is 511 g/mol. The molecule has 1 unspecified atom stereocenters. The fourth-order valence-electron chi connectivity index (χ4n) is 3.43. The lowest BCUT2D eigenvalue weighted by molar-refractivity contribution is -0.192. The third-order valence-corrected chi connectivity index (χ3v) is 5.67. The first kappa shape index (κ1) is 37.7. The lowest BCUT2D eigenvalue weighted by atomic mass is 10.0. The number of amides is 2. The van der Waals surface area contributed by atoms with Crippen LogP contribution in [0.3, 0.4) is 0 Å². The predicted molar refractivity (Wildman–Crippen MR) is 136 cm³/mol. The number of aliphatic hydroxyl groups excluding tert-OH is 1. The van der Waals surface area contributed by atoms with Crippen molar-refractivity contribution in [2.24, 2.45) is 5.73 Å². The molecule has 0 aliphatic heterocycles. The minimum Gasteiger partial charge on any atom is -0.480 e. The van der Waals surface area contributed by atoms with Crippen molar-refractivity contribution in [2.45, 2.75) is 128 Å². The van der Waals surface area contributed by atoms with Crippen LogP contribution in [-0.4, -0.2) is 70.0 Å². The average Bonchev–Trinajstić information content (AvgIpc) is 2.83. The van der Waals surface area contributed by atoms with Gasteiger partial charge in [0.05, 0.1) is 6.61 Å². The number of aliphatic hydroxyl groups is 1. The SMILES string of the molecule is CCCCCCCCCCCCCCCC(=O)N[C@H](C(=O)N[C@@H](CO)C(=O)O)C(C)N.O=C(O)C(F)(F)F. The zero-order valence-electron chi connectivity index (χ0n) is 22.5. The topological polar surface area (TPSA) is 179 Å². The van der Waals surface area contributed by atoms with E-state index >= 15 is 0 Å². The molecule has 0 rings (SSSR count). The number of unbranched alkanes of at least 4 members (excludes halogenated alkanes) is 12. The normalized spacial score (nSPS) is 13.4. The summed E-state index contributed by atoms with van der Waals surface area (Å²) in [7, 11) is 0. The van der Waals surface area contributed by atoms with Crippen LogP contribution < -0.4 is 16.4 Å². The van der Waals surface area contributed by atoms with Gasteiger partial charge in [-0.05, 0) is 13.3 Å². The van der Waals surface area contributed by atoms with Crippen LogP contribution in [0.1, 0.15) is 104 Å². The number of halogens is 3. The molecule has 0 heterocycles. The molecule has 10 nitrogen and oxygen atoms in total. The second-order valence-electron chi connectivity index (χ2n) is 9.28. The number of carbonyl (C=O) groups is 4. The first-order chi connectivity index (χ1) is 17.8. The summed E-state index contributed by atoms with van der Waals surface area (Å²) in [5, 5.41) is 29.8. The fraction of sp³-hybridized carbons (Fsp3) is 0.840. The summed E-state index contributed by atoms with van der Waals surface area (Å²) in [5.74, 6) is -5.10. The van der Waals surface area contributed by atoms with Gasteiger partial charge in [0.15, 0.2) is 0 Å². The quantitative estimate of drug-likeness (QED) is 0.123. The van der Waals surface area contributed by atoms with E-state index in [4.69, 9.17) is 25.8 Å². The zero-order valence-corrected chi connectivity index (χ0v) is 22.5. The molecule has 0 aliphatic rings. The van der Waals surface area contributed by atoms with Crippen molar-refractivity contribution in [3.63, 3.8) is 0 Å². The van der Waals surface area contributed by atoms with Gasteiger partial charge >= 0.3 is 18.1 Å². The third kappa shape index (κ3) is 21.7. The molecule has 38 heavy (non-hydrogen) atoms. The predicted octanol–water partition coefficient (Wildman–Crippen LogP) is 3.49. The van der Waals surface area contributed by atoms with E-state index in [0.717, 1.165) is 19.3 Å². The van der Waals surface area contributed by atoms with Crippen LogP contribution in [0.25, 0.3) is 0 Å². The Hall–Kier alpha value is -2.41. The minimum atomic E-state index is -5.08. The molecule has 0 bridgehead atoms. The lowest BCUT2D eigenvalue weighted by Crippen LogP contribution is -2.58. The van der Waals surface area contributed by atoms with Crippen molar-refractivity contribution in [2.75, 3.05) is 6.61 Å². The minimum absolute atomic E-state index is 0.281. The van der Waals surface area contributed by atoms with Crippen molar-refractivity contribution in [3.05, 3.63) is 0 Å². The Balaban J connectivity index is 0. The van der Waals surface area contributed by atoms with Crippen molar-refractivity contribution in [1.29, 1.82) is 0 Å². The lowest BCUT2D eigenvalue weighted by Gasteiger charge is -2.23. The summed E-state index contributed by atoms with van der Waals surface area (Å²) in [5.41, 5.74) is 5.77. The Morgan fingerprint density at radius 1 is 0.789 bits per heavy atom. The van der Waals surface area contributed by atoms with Gasteiger partial charge in [0.1, 0.15) is 12.1 Å². The summed E-state index contributed by atoms with van der Waals surface area (Å²) in [6, 6.07) is -3.15. The number of aliphatic carboxylic acids is 2. The maximum absolute atomic E-state index is 12.2. The van der Waals surface area contributed by atoms with Crippen molar-refractivity contribution in [1.82, 2.24) is 10.6 Å². The summed E-state index contributed by atoms with van der Waals surface area (Å²) in [4.78, 5) is 44.2. The number of carboxylic acid groups (broad SMARTS) is 2.